The molecule has 2 aromatic rings. The van der Waals surface area contributed by atoms with Gasteiger partial charge in [-0.3, -0.25) is 4.79 Å². The van der Waals surface area contributed by atoms with E-state index in [1.807, 2.05) is 6.92 Å². The Morgan fingerprint density at radius 3 is 2.42 bits per heavy atom. The smallest absolute Gasteiger partial charge is 0.228 e. The van der Waals surface area contributed by atoms with Crippen molar-refractivity contribution in [1.29, 1.82) is 0 Å². The van der Waals surface area contributed by atoms with Crippen LogP contribution < -0.4 is 14.4 Å². The molecule has 0 radical (unpaired) electrons. The first kappa shape index (κ1) is 18.3. The third kappa shape index (κ3) is 2.92. The lowest BCUT2D eigenvalue weighted by atomic mass is 10.1. The molecule has 1 atom stereocenters. The van der Waals surface area contributed by atoms with E-state index in [-0.39, 0.29) is 17.2 Å². The van der Waals surface area contributed by atoms with Crippen molar-refractivity contribution in [2.45, 2.75) is 23.5 Å². The van der Waals surface area contributed by atoms with Crippen molar-refractivity contribution in [2.24, 2.45) is 0 Å². The summed E-state index contributed by atoms with van der Waals surface area (Å²) in [4.78, 5) is 14.5. The Bertz CT molecular complexity index is 939. The van der Waals surface area contributed by atoms with Gasteiger partial charge in [0.25, 0.3) is 0 Å². The molecule has 1 aliphatic rings. The molecule has 0 unspecified atom stereocenters. The Balaban J connectivity index is 2.19. The van der Waals surface area contributed by atoms with E-state index in [9.17, 15) is 13.2 Å². The maximum Gasteiger partial charge on any atom is 0.228 e. The Kier molecular flexibility index (Phi) is 4.91. The third-order valence-electron chi connectivity index (χ3n) is 4.59. The summed E-state index contributed by atoms with van der Waals surface area (Å²) in [6.07, 6.45) is -0.125. The number of hydrogen-bond acceptors (Lipinski definition) is 5. The van der Waals surface area contributed by atoms with Crippen LogP contribution in [0.25, 0.3) is 0 Å². The van der Waals surface area contributed by atoms with Crippen LogP contribution in [0.5, 0.6) is 11.5 Å². The highest BCUT2D eigenvalue weighted by molar-refractivity contribution is 7.92. The van der Waals surface area contributed by atoms with Gasteiger partial charge in [-0.15, -0.1) is 0 Å². The van der Waals surface area contributed by atoms with Crippen molar-refractivity contribution in [1.82, 2.24) is 0 Å². The number of carbonyl (C=O) groups excluding carboxylic acids is 1. The van der Waals surface area contributed by atoms with E-state index in [1.54, 1.807) is 42.5 Å². The molecule has 1 amide bonds. The number of hydrogen-bond donors (Lipinski definition) is 0. The Hall–Kier alpha value is -2.54. The molecule has 138 valence electrons. The molecule has 26 heavy (non-hydrogen) atoms. The molecule has 1 aliphatic heterocycles. The van der Waals surface area contributed by atoms with Gasteiger partial charge in [-0.2, -0.15) is 0 Å². The third-order valence-corrected chi connectivity index (χ3v) is 6.74. The average Bonchev–Trinajstić information content (AvgIpc) is 2.74. The van der Waals surface area contributed by atoms with Crippen molar-refractivity contribution in [3.8, 4) is 11.5 Å². The van der Waals surface area contributed by atoms with Crippen molar-refractivity contribution in [3.63, 3.8) is 0 Å². The van der Waals surface area contributed by atoms with E-state index in [0.717, 1.165) is 0 Å². The monoisotopic (exact) mass is 375 g/mol. The average molecular weight is 375 g/mol. The van der Waals surface area contributed by atoms with Crippen LogP contribution in [0.15, 0.2) is 47.4 Å². The Labute approximate surface area is 153 Å². The van der Waals surface area contributed by atoms with Crippen molar-refractivity contribution >= 4 is 21.4 Å². The minimum atomic E-state index is -3.75. The highest BCUT2D eigenvalue weighted by atomic mass is 32.2. The van der Waals surface area contributed by atoms with E-state index in [4.69, 9.17) is 9.47 Å². The first-order valence-electron chi connectivity index (χ1n) is 8.29. The van der Waals surface area contributed by atoms with E-state index in [0.29, 0.717) is 29.3 Å². The number of nitrogens with zero attached hydrogens (tertiary/aromatic N) is 1. The lowest BCUT2D eigenvalue weighted by Gasteiger charge is -2.20. The van der Waals surface area contributed by atoms with Gasteiger partial charge in [0.1, 0.15) is 0 Å². The second kappa shape index (κ2) is 6.99. The van der Waals surface area contributed by atoms with Crippen LogP contribution in [0.2, 0.25) is 0 Å². The molecule has 7 heteroatoms. The predicted octanol–water partition coefficient (Wildman–Crippen LogP) is 2.98. The fourth-order valence-corrected chi connectivity index (χ4v) is 5.20. The van der Waals surface area contributed by atoms with Crippen LogP contribution in [0, 0.1) is 0 Å². The molecule has 0 saturated carbocycles. The number of carbonyl (C=O) groups is 1. The molecule has 0 N–H and O–H groups in total. The van der Waals surface area contributed by atoms with Gasteiger partial charge in [-0.05, 0) is 36.8 Å². The van der Waals surface area contributed by atoms with Crippen LogP contribution in [0.1, 0.15) is 24.2 Å². The van der Waals surface area contributed by atoms with E-state index in [2.05, 4.69) is 0 Å². The van der Waals surface area contributed by atoms with Gasteiger partial charge in [-0.1, -0.05) is 18.2 Å². The molecular formula is C19H21NO5S. The first-order chi connectivity index (χ1) is 12.4. The molecule has 0 aliphatic carbocycles. The lowest BCUT2D eigenvalue weighted by molar-refractivity contribution is -0.118. The number of anilines is 1. The zero-order valence-corrected chi connectivity index (χ0v) is 15.7. The molecule has 2 aromatic carbocycles. The molecule has 3 rings (SSSR count). The fraction of sp³-hybridized carbons (Fsp3) is 0.316. The van der Waals surface area contributed by atoms with Gasteiger partial charge < -0.3 is 14.4 Å². The van der Waals surface area contributed by atoms with E-state index < -0.39 is 15.1 Å². The second-order valence-electron chi connectivity index (χ2n) is 5.96. The fourth-order valence-electron chi connectivity index (χ4n) is 3.28. The highest BCUT2D eigenvalue weighted by Gasteiger charge is 2.39. The number of benzene rings is 2. The summed E-state index contributed by atoms with van der Waals surface area (Å²) < 4.78 is 37.2. The Morgan fingerprint density at radius 1 is 1.08 bits per heavy atom. The number of para-hydroxylation sites is 1. The van der Waals surface area contributed by atoms with Crippen molar-refractivity contribution < 1.29 is 22.7 Å². The number of rotatable bonds is 4. The minimum Gasteiger partial charge on any atom is -0.493 e. The van der Waals surface area contributed by atoms with Gasteiger partial charge in [0.2, 0.25) is 5.91 Å². The quantitative estimate of drug-likeness (QED) is 0.821. The van der Waals surface area contributed by atoms with Crippen LogP contribution >= 0.6 is 0 Å². The zero-order valence-electron chi connectivity index (χ0n) is 14.9. The number of methoxy groups -OCH3 is 2. The summed E-state index contributed by atoms with van der Waals surface area (Å²) in [6, 6.07) is 11.6. The number of amides is 1. The minimum absolute atomic E-state index is 0.125. The van der Waals surface area contributed by atoms with Gasteiger partial charge in [-0.25, -0.2) is 8.42 Å². The predicted molar refractivity (Wildman–Crippen MR) is 98.6 cm³/mol. The SMILES string of the molecule is CCN1C(=O)C[C@@H](c2ccc(OC)c(OC)c2)S(=O)(=O)c2ccccc21. The summed E-state index contributed by atoms with van der Waals surface area (Å²) in [5, 5.41) is -0.979. The maximum atomic E-state index is 13.3. The molecule has 1 heterocycles. The molecule has 0 saturated heterocycles. The van der Waals surface area contributed by atoms with Gasteiger partial charge in [0, 0.05) is 13.0 Å². The summed E-state index contributed by atoms with van der Waals surface area (Å²) >= 11 is 0. The summed E-state index contributed by atoms with van der Waals surface area (Å²) in [5.41, 5.74) is 0.937. The molecule has 0 spiro atoms. The van der Waals surface area contributed by atoms with Crippen LogP contribution in [0.4, 0.5) is 5.69 Å². The summed E-state index contributed by atoms with van der Waals surface area (Å²) in [5.74, 6) is 0.711. The number of fused-ring (bicyclic) bond motifs is 1. The number of ether oxygens (including phenoxy) is 2. The number of sulfone groups is 1. The molecule has 0 aromatic heterocycles. The van der Waals surface area contributed by atoms with Crippen molar-refractivity contribution in [3.05, 3.63) is 48.0 Å². The zero-order chi connectivity index (χ0) is 18.9. The normalized spacial score (nSPS) is 18.8. The van der Waals surface area contributed by atoms with Crippen LogP contribution in [0.3, 0.4) is 0 Å². The van der Waals surface area contributed by atoms with Crippen molar-refractivity contribution in [2.75, 3.05) is 25.7 Å². The Morgan fingerprint density at radius 2 is 1.77 bits per heavy atom. The van der Waals surface area contributed by atoms with E-state index >= 15 is 0 Å². The lowest BCUT2D eigenvalue weighted by Crippen LogP contribution is -2.30. The van der Waals surface area contributed by atoms with Crippen LogP contribution in [-0.2, 0) is 14.6 Å². The first-order valence-corrected chi connectivity index (χ1v) is 9.83. The van der Waals surface area contributed by atoms with Gasteiger partial charge in [0.05, 0.1) is 30.1 Å². The highest BCUT2D eigenvalue weighted by Crippen LogP contribution is 2.42. The van der Waals surface area contributed by atoms with Gasteiger partial charge >= 0.3 is 0 Å². The van der Waals surface area contributed by atoms with Crippen LogP contribution in [-0.4, -0.2) is 35.1 Å². The second-order valence-corrected chi connectivity index (χ2v) is 8.06. The molecule has 6 nitrogen and oxygen atoms in total. The molecule has 0 fully saturated rings. The molecule has 0 bridgehead atoms. The maximum absolute atomic E-state index is 13.3. The van der Waals surface area contributed by atoms with Gasteiger partial charge in [0.15, 0.2) is 21.3 Å². The standard InChI is InChI=1S/C19H21NO5S/c1-4-20-14-7-5-6-8-17(14)26(22,23)18(12-19(20)21)13-9-10-15(24-2)16(11-13)25-3/h5-11,18H,4,12H2,1-3H3/t18-/m0/s1. The largest absolute Gasteiger partial charge is 0.493 e. The van der Waals surface area contributed by atoms with E-state index in [1.165, 1.54) is 19.1 Å². The molecular weight excluding hydrogens is 354 g/mol. The summed E-state index contributed by atoms with van der Waals surface area (Å²) in [7, 11) is -0.750. The summed E-state index contributed by atoms with van der Waals surface area (Å²) in [6.45, 7) is 2.24. The topological polar surface area (TPSA) is 72.9 Å².